The Labute approximate surface area is 383 Å². The highest BCUT2D eigenvalue weighted by Crippen LogP contribution is 2.49. The van der Waals surface area contributed by atoms with E-state index in [0.29, 0.717) is 41.3 Å². The van der Waals surface area contributed by atoms with Gasteiger partial charge in [0.15, 0.2) is 5.82 Å². The highest BCUT2D eigenvalue weighted by molar-refractivity contribution is 5.85. The molecule has 3 aromatic heterocycles. The lowest BCUT2D eigenvalue weighted by molar-refractivity contribution is -0.0510. The molecule has 0 spiro atoms. The van der Waals surface area contributed by atoms with E-state index in [1.807, 2.05) is 36.7 Å². The van der Waals surface area contributed by atoms with E-state index in [1.165, 1.54) is 31.2 Å². The van der Waals surface area contributed by atoms with E-state index in [1.54, 1.807) is 7.11 Å². The second kappa shape index (κ2) is 17.8. The summed E-state index contributed by atoms with van der Waals surface area (Å²) in [6.45, 7) is 11.1. The van der Waals surface area contributed by atoms with Crippen LogP contribution in [0.25, 0.3) is 44.3 Å². The standard InChI is InChI=1S/C56H60N6O3/c1-5-36-33-61-27-23-40(36)30-49(61)52(43-21-25-57-47-19-17-35(3)29-45(43)47)64-55-51(38-13-9-7-10-14-38)56(60-54(59-55)39-15-11-8-12-16-39)65-53(50-31-41-24-28-62(50)34-37(41)6-2)44-22-26-58-48-20-18-42(63-4)32-46(44)48/h7-22,25-26,29,32,36-37,40-41,49-50,52-53H,5-6,23-24,27-28,30-31,33-34H2,1-4H3. The van der Waals surface area contributed by atoms with Gasteiger partial charge in [-0.15, -0.1) is 0 Å². The summed E-state index contributed by atoms with van der Waals surface area (Å²) in [5.41, 5.74) is 7.89. The third-order valence-electron chi connectivity index (χ3n) is 15.6. The van der Waals surface area contributed by atoms with Gasteiger partial charge in [0.1, 0.15) is 23.5 Å². The third-order valence-corrected chi connectivity index (χ3v) is 15.6. The van der Waals surface area contributed by atoms with Gasteiger partial charge in [0.2, 0.25) is 11.8 Å². The Morgan fingerprint density at radius 2 is 1.14 bits per heavy atom. The van der Waals surface area contributed by atoms with Crippen LogP contribution in [0.1, 0.15) is 81.3 Å². The lowest BCUT2D eigenvalue weighted by Crippen LogP contribution is -2.56. The maximum absolute atomic E-state index is 7.77. The summed E-state index contributed by atoms with van der Waals surface area (Å²) in [6, 6.07) is 38.1. The van der Waals surface area contributed by atoms with Crippen LogP contribution in [-0.4, -0.2) is 75.1 Å². The topological polar surface area (TPSA) is 85.7 Å². The number of piperidine rings is 6. The van der Waals surface area contributed by atoms with Crippen molar-refractivity contribution in [2.75, 3.05) is 33.3 Å². The molecule has 9 nitrogen and oxygen atoms in total. The summed E-state index contributed by atoms with van der Waals surface area (Å²) >= 11 is 0. The van der Waals surface area contributed by atoms with Crippen LogP contribution in [0.5, 0.6) is 17.5 Å². The van der Waals surface area contributed by atoms with Gasteiger partial charge in [0.25, 0.3) is 0 Å². The molecule has 10 atom stereocenters. The zero-order chi connectivity index (χ0) is 44.0. The van der Waals surface area contributed by atoms with Crippen LogP contribution in [0, 0.1) is 30.6 Å². The molecule has 4 bridgehead atoms. The zero-order valence-corrected chi connectivity index (χ0v) is 38.1. The fraction of sp³-hybridized carbons (Fsp3) is 0.393. The second-order valence-electron chi connectivity index (χ2n) is 19.1. The average molecular weight is 865 g/mol. The van der Waals surface area contributed by atoms with Crippen LogP contribution < -0.4 is 14.2 Å². The quantitative estimate of drug-likeness (QED) is 0.112. The minimum atomic E-state index is -0.379. The number of methoxy groups -OCH3 is 1. The molecule has 0 amide bonds. The number of pyridine rings is 2. The number of aryl methyl sites for hydroxylation is 1. The van der Waals surface area contributed by atoms with Gasteiger partial charge >= 0.3 is 0 Å². The Bertz CT molecular complexity index is 2800. The monoisotopic (exact) mass is 864 g/mol. The molecule has 6 aliphatic rings. The fourth-order valence-electron chi connectivity index (χ4n) is 12.1. The Kier molecular flexibility index (Phi) is 11.5. The fourth-order valence-corrected chi connectivity index (χ4v) is 12.1. The van der Waals surface area contributed by atoms with E-state index >= 15 is 0 Å². The number of ether oxygens (including phenoxy) is 3. The maximum Gasteiger partial charge on any atom is 0.229 e. The summed E-state index contributed by atoms with van der Waals surface area (Å²) in [5.74, 6) is 5.05. The number of aromatic nitrogens is 4. The number of rotatable bonds is 13. The minimum Gasteiger partial charge on any atom is -0.497 e. The average Bonchev–Trinajstić information content (AvgIpc) is 3.37. The van der Waals surface area contributed by atoms with Crippen LogP contribution in [-0.2, 0) is 0 Å². The van der Waals surface area contributed by atoms with Gasteiger partial charge in [-0.3, -0.25) is 19.8 Å². The first-order valence-electron chi connectivity index (χ1n) is 24.1. The van der Waals surface area contributed by atoms with Gasteiger partial charge in [-0.25, -0.2) is 0 Å². The minimum absolute atomic E-state index is 0.118. The second-order valence-corrected chi connectivity index (χ2v) is 19.1. The predicted octanol–water partition coefficient (Wildman–Crippen LogP) is 11.7. The maximum atomic E-state index is 7.77. The smallest absolute Gasteiger partial charge is 0.229 e. The molecule has 4 aromatic carbocycles. The lowest BCUT2D eigenvalue weighted by atomic mass is 9.72. The van der Waals surface area contributed by atoms with Crippen molar-refractivity contribution in [1.29, 1.82) is 0 Å². The molecule has 0 N–H and O–H groups in total. The molecule has 65 heavy (non-hydrogen) atoms. The summed E-state index contributed by atoms with van der Waals surface area (Å²) < 4.78 is 21.4. The molecule has 7 aromatic rings. The number of benzene rings is 4. The molecule has 9 heterocycles. The van der Waals surface area contributed by atoms with Crippen molar-refractivity contribution >= 4 is 21.8 Å². The highest BCUT2D eigenvalue weighted by atomic mass is 16.5. The molecular weight excluding hydrogens is 805 g/mol. The van der Waals surface area contributed by atoms with Crippen molar-refractivity contribution in [3.63, 3.8) is 0 Å². The van der Waals surface area contributed by atoms with Gasteiger partial charge in [0, 0.05) is 52.9 Å². The van der Waals surface area contributed by atoms with Crippen LogP contribution in [0.4, 0.5) is 0 Å². The molecule has 6 saturated heterocycles. The van der Waals surface area contributed by atoms with Crippen molar-refractivity contribution in [3.05, 3.63) is 138 Å². The van der Waals surface area contributed by atoms with Gasteiger partial charge in [-0.1, -0.05) is 99.0 Å². The van der Waals surface area contributed by atoms with Crippen LogP contribution in [0.2, 0.25) is 0 Å². The van der Waals surface area contributed by atoms with E-state index < -0.39 is 0 Å². The van der Waals surface area contributed by atoms with Gasteiger partial charge in [-0.05, 0) is 117 Å². The van der Waals surface area contributed by atoms with E-state index in [9.17, 15) is 0 Å². The molecule has 332 valence electrons. The molecule has 0 radical (unpaired) electrons. The molecule has 6 aliphatic heterocycles. The van der Waals surface area contributed by atoms with Crippen molar-refractivity contribution in [2.24, 2.45) is 23.7 Å². The number of hydrogen-bond donors (Lipinski definition) is 0. The lowest BCUT2D eigenvalue weighted by Gasteiger charge is -2.52. The number of fused-ring (bicyclic) bond motifs is 8. The zero-order valence-electron chi connectivity index (χ0n) is 38.1. The largest absolute Gasteiger partial charge is 0.497 e. The van der Waals surface area contributed by atoms with E-state index in [-0.39, 0.29) is 24.3 Å². The first-order chi connectivity index (χ1) is 32.0. The molecular formula is C56H60N6O3. The molecule has 9 heteroatoms. The first-order valence-corrected chi connectivity index (χ1v) is 24.1. The van der Waals surface area contributed by atoms with E-state index in [2.05, 4.69) is 116 Å². The molecule has 10 unspecified atom stereocenters. The Morgan fingerprint density at radius 1 is 0.615 bits per heavy atom. The molecule has 13 rings (SSSR count). The normalized spacial score (nSPS) is 25.7. The molecule has 0 aliphatic carbocycles. The molecule has 6 fully saturated rings. The number of nitrogens with zero attached hydrogens (tertiary/aromatic N) is 6. The van der Waals surface area contributed by atoms with Crippen molar-refractivity contribution < 1.29 is 14.2 Å². The van der Waals surface area contributed by atoms with Gasteiger partial charge < -0.3 is 14.2 Å². The predicted molar refractivity (Wildman–Crippen MR) is 258 cm³/mol. The van der Waals surface area contributed by atoms with Gasteiger partial charge in [-0.2, -0.15) is 9.97 Å². The van der Waals surface area contributed by atoms with Crippen LogP contribution >= 0.6 is 0 Å². The summed E-state index contributed by atoms with van der Waals surface area (Å²) in [4.78, 5) is 26.0. The van der Waals surface area contributed by atoms with Crippen LogP contribution in [0.3, 0.4) is 0 Å². The summed E-state index contributed by atoms with van der Waals surface area (Å²) in [7, 11) is 1.72. The third kappa shape index (κ3) is 7.90. The van der Waals surface area contributed by atoms with E-state index in [4.69, 9.17) is 34.1 Å². The summed E-state index contributed by atoms with van der Waals surface area (Å²) in [5, 5.41) is 2.14. The van der Waals surface area contributed by atoms with E-state index in [0.717, 1.165) is 94.4 Å². The molecule has 0 saturated carbocycles. The van der Waals surface area contributed by atoms with Crippen LogP contribution in [0.15, 0.2) is 122 Å². The van der Waals surface area contributed by atoms with Crippen molar-refractivity contribution in [1.82, 2.24) is 29.7 Å². The number of hydrogen-bond acceptors (Lipinski definition) is 9. The van der Waals surface area contributed by atoms with Crippen molar-refractivity contribution in [3.8, 4) is 40.0 Å². The highest BCUT2D eigenvalue weighted by Gasteiger charge is 2.46. The summed E-state index contributed by atoms with van der Waals surface area (Å²) in [6.07, 6.45) is 10.1. The van der Waals surface area contributed by atoms with Crippen molar-refractivity contribution in [2.45, 2.75) is 83.6 Å². The van der Waals surface area contributed by atoms with Gasteiger partial charge in [0.05, 0.1) is 30.2 Å². The Morgan fingerprint density at radius 3 is 1.65 bits per heavy atom. The SMILES string of the molecule is CCC1CN2CCC1CC2C(Oc1nc(-c2ccccc2)nc(OC(c2ccnc3ccc(OC)cc23)C2CC3CCN2CC3CC)c1-c1ccccc1)c1ccnc2ccc(C)cc12. The Hall–Kier alpha value is -5.90. The first kappa shape index (κ1) is 41.8. The Balaban J connectivity index is 1.12.